The van der Waals surface area contributed by atoms with Gasteiger partial charge in [0.05, 0.1) is 7.11 Å². The molecule has 0 bridgehead atoms. The minimum absolute atomic E-state index is 0.266. The quantitative estimate of drug-likeness (QED) is 0.583. The summed E-state index contributed by atoms with van der Waals surface area (Å²) in [4.78, 5) is 0. The molecule has 1 unspecified atom stereocenters. The number of nitrogens with two attached hydrogens (primary N) is 1. The van der Waals surface area contributed by atoms with Crippen LogP contribution in [0.15, 0.2) is 18.2 Å². The minimum Gasteiger partial charge on any atom is -0.496 e. The minimum atomic E-state index is 0.266. The molecule has 0 heterocycles. The molecule has 17 heavy (non-hydrogen) atoms. The van der Waals surface area contributed by atoms with Crippen molar-refractivity contribution in [1.82, 2.24) is 5.43 Å². The van der Waals surface area contributed by atoms with Gasteiger partial charge in [0.15, 0.2) is 0 Å². The van der Waals surface area contributed by atoms with Gasteiger partial charge >= 0.3 is 0 Å². The number of methoxy groups -OCH3 is 1. The molecule has 0 fully saturated rings. The summed E-state index contributed by atoms with van der Waals surface area (Å²) >= 11 is 6.00. The molecular weight excluding hydrogens is 236 g/mol. The average molecular weight is 257 g/mol. The summed E-state index contributed by atoms with van der Waals surface area (Å²) in [7, 11) is 1.67. The predicted octanol–water partition coefficient (Wildman–Crippen LogP) is 2.91. The first-order valence-electron chi connectivity index (χ1n) is 5.99. The zero-order valence-corrected chi connectivity index (χ0v) is 11.3. The Bertz CT molecular complexity index is 344. The Morgan fingerprint density at radius 2 is 2.24 bits per heavy atom. The lowest BCUT2D eigenvalue weighted by Crippen LogP contribution is -2.36. The molecule has 0 radical (unpaired) electrons. The molecule has 1 rings (SSSR count). The molecule has 0 aliphatic carbocycles. The van der Waals surface area contributed by atoms with Crippen LogP contribution in [0.5, 0.6) is 5.75 Å². The van der Waals surface area contributed by atoms with Gasteiger partial charge in [-0.2, -0.15) is 0 Å². The van der Waals surface area contributed by atoms with Crippen LogP contribution < -0.4 is 16.0 Å². The van der Waals surface area contributed by atoms with E-state index >= 15 is 0 Å². The zero-order valence-electron chi connectivity index (χ0n) is 10.5. The van der Waals surface area contributed by atoms with E-state index in [4.69, 9.17) is 22.2 Å². The summed E-state index contributed by atoms with van der Waals surface area (Å²) in [6.45, 7) is 2.17. The van der Waals surface area contributed by atoms with Crippen molar-refractivity contribution in [3.05, 3.63) is 28.8 Å². The Balaban J connectivity index is 2.73. The largest absolute Gasteiger partial charge is 0.496 e. The van der Waals surface area contributed by atoms with Crippen molar-refractivity contribution in [2.24, 2.45) is 5.84 Å². The van der Waals surface area contributed by atoms with E-state index in [2.05, 4.69) is 12.3 Å². The highest BCUT2D eigenvalue weighted by molar-refractivity contribution is 6.30. The maximum atomic E-state index is 6.00. The summed E-state index contributed by atoms with van der Waals surface area (Å²) in [5.74, 6) is 6.43. The highest BCUT2D eigenvalue weighted by atomic mass is 35.5. The summed E-state index contributed by atoms with van der Waals surface area (Å²) in [5, 5.41) is 0.729. The van der Waals surface area contributed by atoms with Crippen molar-refractivity contribution in [2.45, 2.75) is 38.6 Å². The summed E-state index contributed by atoms with van der Waals surface area (Å²) in [6, 6.07) is 5.94. The number of nitrogens with one attached hydrogen (secondary N) is 1. The molecule has 0 aromatic heterocycles. The van der Waals surface area contributed by atoms with Crippen molar-refractivity contribution in [1.29, 1.82) is 0 Å². The average Bonchev–Trinajstić information content (AvgIpc) is 2.34. The summed E-state index contributed by atoms with van der Waals surface area (Å²) in [5.41, 5.74) is 3.95. The normalized spacial score (nSPS) is 12.5. The second-order valence-corrected chi connectivity index (χ2v) is 4.60. The van der Waals surface area contributed by atoms with Gasteiger partial charge in [-0.25, -0.2) is 0 Å². The lowest BCUT2D eigenvalue weighted by atomic mass is 10.0. The smallest absolute Gasteiger partial charge is 0.122 e. The maximum Gasteiger partial charge on any atom is 0.122 e. The van der Waals surface area contributed by atoms with E-state index < -0.39 is 0 Å². The summed E-state index contributed by atoms with van der Waals surface area (Å²) < 4.78 is 5.32. The van der Waals surface area contributed by atoms with Gasteiger partial charge in [0.1, 0.15) is 5.75 Å². The van der Waals surface area contributed by atoms with Crippen molar-refractivity contribution in [3.8, 4) is 5.75 Å². The fraction of sp³-hybridized carbons (Fsp3) is 0.538. The number of benzene rings is 1. The van der Waals surface area contributed by atoms with Gasteiger partial charge in [-0.1, -0.05) is 31.4 Å². The molecule has 3 nitrogen and oxygen atoms in total. The van der Waals surface area contributed by atoms with E-state index in [1.165, 1.54) is 6.42 Å². The number of ether oxygens (including phenoxy) is 1. The highest BCUT2D eigenvalue weighted by Gasteiger charge is 2.11. The molecule has 0 aliphatic rings. The maximum absolute atomic E-state index is 6.00. The summed E-state index contributed by atoms with van der Waals surface area (Å²) in [6.07, 6.45) is 4.23. The van der Waals surface area contributed by atoms with Crippen LogP contribution in [0.25, 0.3) is 0 Å². The van der Waals surface area contributed by atoms with E-state index in [9.17, 15) is 0 Å². The number of hydrogen-bond donors (Lipinski definition) is 2. The van der Waals surface area contributed by atoms with Crippen LogP contribution in [0.4, 0.5) is 0 Å². The lowest BCUT2D eigenvalue weighted by molar-refractivity contribution is 0.401. The van der Waals surface area contributed by atoms with Gasteiger partial charge in [0, 0.05) is 11.1 Å². The molecule has 4 heteroatoms. The highest BCUT2D eigenvalue weighted by Crippen LogP contribution is 2.24. The van der Waals surface area contributed by atoms with E-state index in [0.717, 1.165) is 35.6 Å². The topological polar surface area (TPSA) is 47.3 Å². The number of halogens is 1. The molecule has 1 aromatic rings. The van der Waals surface area contributed by atoms with Crippen molar-refractivity contribution in [2.75, 3.05) is 7.11 Å². The van der Waals surface area contributed by atoms with Crippen LogP contribution in [0.3, 0.4) is 0 Å². The van der Waals surface area contributed by atoms with Crippen LogP contribution in [-0.4, -0.2) is 13.2 Å². The van der Waals surface area contributed by atoms with Crippen molar-refractivity contribution >= 4 is 11.6 Å². The molecule has 3 N–H and O–H groups in total. The molecule has 0 saturated heterocycles. The first-order chi connectivity index (χ1) is 8.21. The molecule has 0 aliphatic heterocycles. The number of hydrazine groups is 1. The molecular formula is C13H21ClN2O. The van der Waals surface area contributed by atoms with Crippen LogP contribution >= 0.6 is 11.6 Å². The monoisotopic (exact) mass is 256 g/mol. The second-order valence-electron chi connectivity index (χ2n) is 4.17. The number of unbranched alkanes of at least 4 members (excludes halogenated alkanes) is 1. The van der Waals surface area contributed by atoms with Crippen molar-refractivity contribution < 1.29 is 4.74 Å². The Hall–Kier alpha value is -0.770. The fourth-order valence-corrected chi connectivity index (χ4v) is 2.06. The third kappa shape index (κ3) is 4.54. The molecule has 1 atom stereocenters. The van der Waals surface area contributed by atoms with Gasteiger partial charge in [-0.15, -0.1) is 0 Å². The molecule has 96 valence electrons. The van der Waals surface area contributed by atoms with Crippen molar-refractivity contribution in [3.63, 3.8) is 0 Å². The van der Waals surface area contributed by atoms with E-state index in [-0.39, 0.29) is 6.04 Å². The number of hydrogen-bond acceptors (Lipinski definition) is 3. The first-order valence-corrected chi connectivity index (χ1v) is 6.37. The lowest BCUT2D eigenvalue weighted by Gasteiger charge is -2.17. The van der Waals surface area contributed by atoms with Crippen LogP contribution in [0.2, 0.25) is 5.02 Å². The fourth-order valence-electron chi connectivity index (χ4n) is 1.87. The van der Waals surface area contributed by atoms with Crippen LogP contribution in [0.1, 0.15) is 31.7 Å². The third-order valence-corrected chi connectivity index (χ3v) is 3.09. The van der Waals surface area contributed by atoms with Gasteiger partial charge in [0.2, 0.25) is 0 Å². The van der Waals surface area contributed by atoms with Gasteiger partial charge in [-0.05, 0) is 36.6 Å². The van der Waals surface area contributed by atoms with E-state index in [0.29, 0.717) is 0 Å². The van der Waals surface area contributed by atoms with Gasteiger partial charge < -0.3 is 4.74 Å². The second kappa shape index (κ2) is 7.54. The standard InChI is InChI=1S/C13H21ClN2O/c1-3-4-5-12(16-15)9-10-8-11(14)6-7-13(10)17-2/h6-8,12,16H,3-5,9,15H2,1-2H3. The van der Waals surface area contributed by atoms with Crippen LogP contribution in [0, 0.1) is 0 Å². The zero-order chi connectivity index (χ0) is 12.7. The Morgan fingerprint density at radius 1 is 1.47 bits per heavy atom. The van der Waals surface area contributed by atoms with E-state index in [1.54, 1.807) is 7.11 Å². The molecule has 0 amide bonds. The Kier molecular flexibility index (Phi) is 6.34. The first kappa shape index (κ1) is 14.3. The van der Waals surface area contributed by atoms with Gasteiger partial charge in [0.25, 0.3) is 0 Å². The predicted molar refractivity (Wildman–Crippen MR) is 72.3 cm³/mol. The van der Waals surface area contributed by atoms with Crippen LogP contribution in [-0.2, 0) is 6.42 Å². The number of rotatable bonds is 7. The molecule has 0 saturated carbocycles. The third-order valence-electron chi connectivity index (χ3n) is 2.85. The molecule has 1 aromatic carbocycles. The molecule has 0 spiro atoms. The van der Waals surface area contributed by atoms with E-state index in [1.807, 2.05) is 18.2 Å². The SMILES string of the molecule is CCCCC(Cc1cc(Cl)ccc1OC)NN. The Morgan fingerprint density at radius 3 is 2.82 bits per heavy atom. The Labute approximate surface area is 108 Å². The van der Waals surface area contributed by atoms with Gasteiger partial charge in [-0.3, -0.25) is 11.3 Å².